The predicted molar refractivity (Wildman–Crippen MR) is 111 cm³/mol. The first-order chi connectivity index (χ1) is 13.7. The molecule has 0 saturated heterocycles. The molecule has 10 heteroatoms. The fourth-order valence-electron chi connectivity index (χ4n) is 2.01. The molecule has 2 rings (SSSR count). The monoisotopic (exact) mass is 425 g/mol. The van der Waals surface area contributed by atoms with Gasteiger partial charge in [-0.25, -0.2) is 0 Å². The minimum atomic E-state index is -3.92. The Balaban J connectivity index is 0.000000516. The molecule has 0 spiro atoms. The van der Waals surface area contributed by atoms with Crippen molar-refractivity contribution in [2.45, 2.75) is 13.0 Å². The van der Waals surface area contributed by atoms with E-state index in [1.54, 1.807) is 12.1 Å². The van der Waals surface area contributed by atoms with Gasteiger partial charge in [0.05, 0.1) is 25.6 Å². The first-order valence-corrected chi connectivity index (χ1v) is 10.4. The van der Waals surface area contributed by atoms with Gasteiger partial charge in [-0.1, -0.05) is 12.1 Å². The minimum absolute atomic E-state index is 0.0561. The zero-order chi connectivity index (χ0) is 21.7. The summed E-state index contributed by atoms with van der Waals surface area (Å²) in [4.78, 5) is 0. The smallest absolute Gasteiger partial charge is 0.267 e. The summed E-state index contributed by atoms with van der Waals surface area (Å²) in [5, 5.41) is 15.2. The van der Waals surface area contributed by atoms with Gasteiger partial charge in [0.1, 0.15) is 17.3 Å². The summed E-state index contributed by atoms with van der Waals surface area (Å²) in [6, 6.07) is 14.9. The molecule has 0 atom stereocenters. The van der Waals surface area contributed by atoms with Gasteiger partial charge < -0.3 is 26.0 Å². The summed E-state index contributed by atoms with van der Waals surface area (Å²) in [6.45, 7) is 1.17. The van der Waals surface area contributed by atoms with Crippen molar-refractivity contribution in [2.75, 3.05) is 25.6 Å². The van der Waals surface area contributed by atoms with Crippen LogP contribution in [0.1, 0.15) is 17.5 Å². The maximum atomic E-state index is 9.63. The number of aliphatic hydroxyl groups is 1. The van der Waals surface area contributed by atoms with Gasteiger partial charge >= 0.3 is 0 Å². The van der Waals surface area contributed by atoms with Crippen molar-refractivity contribution < 1.29 is 27.6 Å². The molecule has 7 N–H and O–H groups in total. The second-order valence-corrected chi connectivity index (χ2v) is 7.42. The van der Waals surface area contributed by atoms with Gasteiger partial charge in [0.2, 0.25) is 0 Å². The van der Waals surface area contributed by atoms with Crippen LogP contribution in [0.25, 0.3) is 0 Å². The number of nitrogens with one attached hydrogen (secondary N) is 1. The van der Waals surface area contributed by atoms with Crippen LogP contribution in [-0.2, 0) is 16.7 Å². The van der Waals surface area contributed by atoms with Crippen LogP contribution in [0.15, 0.2) is 48.5 Å². The Labute approximate surface area is 170 Å². The summed E-state index contributed by atoms with van der Waals surface area (Å²) in [5.74, 6) is 1.08. The molecule has 0 bridgehead atoms. The average Bonchev–Trinajstić information content (AvgIpc) is 2.68. The number of nitrogen functional groups attached to an aromatic ring is 1. The molecule has 0 amide bonds. The standard InChI is InChI=1S/C17H21N3O2.C2H6O4S/c18-12-13-2-6-15(7-3-13)21-10-1-11-22-16-8-4-14(5-9-16)17(19)20;3-1-2-7(4,5)6/h2-9H,1,10-12,18H2,(H3,19,20);3H,1-2H2,(H,4,5,6). The molecule has 0 aromatic heterocycles. The van der Waals surface area contributed by atoms with Crippen molar-refractivity contribution in [3.05, 3.63) is 59.7 Å². The zero-order valence-electron chi connectivity index (χ0n) is 16.0. The largest absolute Gasteiger partial charge is 0.493 e. The molecular formula is C19H27N3O6S. The highest BCUT2D eigenvalue weighted by molar-refractivity contribution is 7.85. The van der Waals surface area contributed by atoms with E-state index in [2.05, 4.69) is 0 Å². The van der Waals surface area contributed by atoms with Gasteiger partial charge in [0.25, 0.3) is 10.1 Å². The van der Waals surface area contributed by atoms with E-state index >= 15 is 0 Å². The molecule has 0 aliphatic carbocycles. The lowest BCUT2D eigenvalue weighted by Crippen LogP contribution is -2.10. The van der Waals surface area contributed by atoms with Crippen molar-refractivity contribution >= 4 is 16.0 Å². The Kier molecular flexibility index (Phi) is 10.7. The van der Waals surface area contributed by atoms with Crippen LogP contribution in [0.5, 0.6) is 11.5 Å². The van der Waals surface area contributed by atoms with Crippen molar-refractivity contribution in [3.63, 3.8) is 0 Å². The van der Waals surface area contributed by atoms with Gasteiger partial charge in [-0.3, -0.25) is 9.96 Å². The quantitative estimate of drug-likeness (QED) is 0.163. The maximum absolute atomic E-state index is 9.63. The van der Waals surface area contributed by atoms with Crippen LogP contribution in [0.2, 0.25) is 0 Å². The molecule has 0 aliphatic heterocycles. The number of ether oxygens (including phenoxy) is 2. The van der Waals surface area contributed by atoms with Gasteiger partial charge in [-0.15, -0.1) is 0 Å². The Hall–Kier alpha value is -2.66. The van der Waals surface area contributed by atoms with E-state index in [0.29, 0.717) is 25.3 Å². The van der Waals surface area contributed by atoms with E-state index in [1.165, 1.54) is 0 Å². The van der Waals surface area contributed by atoms with Crippen LogP contribution in [0.3, 0.4) is 0 Å². The zero-order valence-corrected chi connectivity index (χ0v) is 16.8. The van der Waals surface area contributed by atoms with Gasteiger partial charge in [0, 0.05) is 18.5 Å². The fourth-order valence-corrected chi connectivity index (χ4v) is 2.24. The third kappa shape index (κ3) is 11.1. The number of rotatable bonds is 10. The molecule has 9 nitrogen and oxygen atoms in total. The van der Waals surface area contributed by atoms with Crippen molar-refractivity contribution in [1.82, 2.24) is 0 Å². The Bertz CT molecular complexity index is 839. The summed E-state index contributed by atoms with van der Waals surface area (Å²) >= 11 is 0. The van der Waals surface area contributed by atoms with E-state index in [-0.39, 0.29) is 5.84 Å². The highest BCUT2D eigenvalue weighted by atomic mass is 32.2. The normalized spacial score (nSPS) is 10.6. The van der Waals surface area contributed by atoms with Gasteiger partial charge in [0.15, 0.2) is 0 Å². The van der Waals surface area contributed by atoms with Gasteiger partial charge in [-0.2, -0.15) is 8.42 Å². The summed E-state index contributed by atoms with van der Waals surface area (Å²) in [7, 11) is -3.92. The molecule has 29 heavy (non-hydrogen) atoms. The molecule has 0 aliphatic rings. The summed E-state index contributed by atoms with van der Waals surface area (Å²) in [5.41, 5.74) is 12.7. The predicted octanol–water partition coefficient (Wildman–Crippen LogP) is 1.14. The molecule has 0 fully saturated rings. The number of hydrogen-bond acceptors (Lipinski definition) is 7. The number of nitrogens with two attached hydrogens (primary N) is 2. The van der Waals surface area contributed by atoms with Crippen LogP contribution >= 0.6 is 0 Å². The molecular weight excluding hydrogens is 398 g/mol. The van der Waals surface area contributed by atoms with Crippen LogP contribution in [0.4, 0.5) is 0 Å². The SMILES string of the molecule is N=C(N)c1ccc(OCCCOc2ccc(CN)cc2)cc1.O=S(=O)(O)CCO. The average molecular weight is 426 g/mol. The Morgan fingerprint density at radius 2 is 1.45 bits per heavy atom. The van der Waals surface area contributed by atoms with Crippen molar-refractivity contribution in [3.8, 4) is 11.5 Å². The fraction of sp³-hybridized carbons (Fsp3) is 0.316. The third-order valence-electron chi connectivity index (χ3n) is 3.50. The van der Waals surface area contributed by atoms with Crippen LogP contribution in [-0.4, -0.2) is 49.5 Å². The topological polar surface area (TPSA) is 169 Å². The molecule has 0 radical (unpaired) electrons. The number of aliphatic hydroxyl groups excluding tert-OH is 1. The second-order valence-electron chi connectivity index (χ2n) is 5.85. The third-order valence-corrected chi connectivity index (χ3v) is 4.20. The van der Waals surface area contributed by atoms with E-state index < -0.39 is 22.5 Å². The van der Waals surface area contributed by atoms with E-state index in [0.717, 1.165) is 23.5 Å². The summed E-state index contributed by atoms with van der Waals surface area (Å²) < 4.78 is 38.3. The number of benzene rings is 2. The van der Waals surface area contributed by atoms with E-state index in [4.69, 9.17) is 36.0 Å². The molecule has 0 unspecified atom stereocenters. The highest BCUT2D eigenvalue weighted by Gasteiger charge is 2.00. The lowest BCUT2D eigenvalue weighted by molar-refractivity contribution is 0.247. The molecule has 2 aromatic carbocycles. The molecule has 0 saturated carbocycles. The number of amidine groups is 1. The molecule has 0 heterocycles. The molecule has 2 aromatic rings. The first-order valence-electron chi connectivity index (χ1n) is 8.80. The Morgan fingerprint density at radius 3 is 1.79 bits per heavy atom. The van der Waals surface area contributed by atoms with Crippen molar-refractivity contribution in [1.29, 1.82) is 5.41 Å². The summed E-state index contributed by atoms with van der Waals surface area (Å²) in [6.07, 6.45) is 0.785. The first kappa shape index (κ1) is 24.4. The second kappa shape index (κ2) is 12.7. The van der Waals surface area contributed by atoms with E-state index in [1.807, 2.05) is 36.4 Å². The highest BCUT2D eigenvalue weighted by Crippen LogP contribution is 2.13. The lowest BCUT2D eigenvalue weighted by atomic mass is 10.2. The van der Waals surface area contributed by atoms with Gasteiger partial charge in [-0.05, 0) is 42.0 Å². The lowest BCUT2D eigenvalue weighted by Gasteiger charge is -2.09. The maximum Gasteiger partial charge on any atom is 0.267 e. The van der Waals surface area contributed by atoms with E-state index in [9.17, 15) is 8.42 Å². The minimum Gasteiger partial charge on any atom is -0.493 e. The Morgan fingerprint density at radius 1 is 0.966 bits per heavy atom. The van der Waals surface area contributed by atoms with Crippen molar-refractivity contribution in [2.24, 2.45) is 11.5 Å². The molecule has 160 valence electrons. The number of hydrogen-bond donors (Lipinski definition) is 5. The van der Waals surface area contributed by atoms with Crippen LogP contribution < -0.4 is 20.9 Å². The van der Waals surface area contributed by atoms with Crippen LogP contribution in [0, 0.1) is 5.41 Å².